The summed E-state index contributed by atoms with van der Waals surface area (Å²) in [6.07, 6.45) is 3.79. The second kappa shape index (κ2) is 7.25. The Morgan fingerprint density at radius 2 is 2.00 bits per heavy atom. The van der Waals surface area contributed by atoms with E-state index in [-0.39, 0.29) is 11.4 Å². The van der Waals surface area contributed by atoms with E-state index >= 15 is 0 Å². The Morgan fingerprint density at radius 3 is 2.65 bits per heavy atom. The predicted molar refractivity (Wildman–Crippen MR) is 81.2 cm³/mol. The summed E-state index contributed by atoms with van der Waals surface area (Å²) < 4.78 is 41.7. The van der Waals surface area contributed by atoms with Crippen LogP contribution in [-0.4, -0.2) is 61.0 Å². The van der Waals surface area contributed by atoms with Gasteiger partial charge >= 0.3 is 0 Å². The smallest absolute Gasteiger partial charge is 0.252 e. The number of aromatic nitrogens is 2. The van der Waals surface area contributed by atoms with Gasteiger partial charge in [-0.25, -0.2) is 12.7 Å². The lowest BCUT2D eigenvalue weighted by molar-refractivity contribution is 0.0222. The molecule has 0 N–H and O–H groups in total. The molecule has 1 aromatic heterocycles. The number of piperidine rings is 1. The summed E-state index contributed by atoms with van der Waals surface area (Å²) in [5, 5.41) is 3.73. The molecule has 1 aliphatic carbocycles. The Balaban J connectivity index is 1.37. The van der Waals surface area contributed by atoms with E-state index in [1.54, 1.807) is 11.4 Å². The van der Waals surface area contributed by atoms with Crippen molar-refractivity contribution in [3.05, 3.63) is 11.7 Å². The zero-order valence-corrected chi connectivity index (χ0v) is 14.1. The lowest BCUT2D eigenvalue weighted by Gasteiger charge is -2.31. The fraction of sp³-hybridized carbons (Fsp3) is 0.857. The van der Waals surface area contributed by atoms with E-state index in [2.05, 4.69) is 10.1 Å². The maximum absolute atomic E-state index is 12.2. The van der Waals surface area contributed by atoms with Crippen LogP contribution < -0.4 is 0 Å². The van der Waals surface area contributed by atoms with Crippen LogP contribution in [0.3, 0.4) is 0 Å². The topological polar surface area (TPSA) is 94.8 Å². The van der Waals surface area contributed by atoms with Crippen molar-refractivity contribution in [1.82, 2.24) is 14.4 Å². The van der Waals surface area contributed by atoms with Gasteiger partial charge in [-0.2, -0.15) is 4.98 Å². The molecule has 8 nitrogen and oxygen atoms in total. The van der Waals surface area contributed by atoms with Crippen LogP contribution in [0.1, 0.15) is 37.4 Å². The molecule has 2 heterocycles. The molecule has 2 fully saturated rings. The fourth-order valence-electron chi connectivity index (χ4n) is 2.72. The molecule has 3 rings (SSSR count). The molecule has 2 aliphatic rings. The van der Waals surface area contributed by atoms with Crippen molar-refractivity contribution in [2.75, 3.05) is 26.8 Å². The van der Waals surface area contributed by atoms with Crippen LogP contribution >= 0.6 is 0 Å². The summed E-state index contributed by atoms with van der Waals surface area (Å²) in [5.74, 6) is 1.06. The molecule has 0 amide bonds. The number of sulfonamides is 1. The van der Waals surface area contributed by atoms with E-state index in [0.717, 1.165) is 25.7 Å². The van der Waals surface area contributed by atoms with Crippen molar-refractivity contribution in [1.29, 1.82) is 0 Å². The fourth-order valence-corrected chi connectivity index (χ4v) is 4.59. The van der Waals surface area contributed by atoms with Gasteiger partial charge in [-0.1, -0.05) is 5.16 Å². The van der Waals surface area contributed by atoms with Gasteiger partial charge < -0.3 is 14.0 Å². The van der Waals surface area contributed by atoms with Crippen LogP contribution in [0.25, 0.3) is 0 Å². The molecule has 0 atom stereocenters. The highest BCUT2D eigenvalue weighted by Crippen LogP contribution is 2.32. The van der Waals surface area contributed by atoms with Crippen LogP contribution in [0.4, 0.5) is 0 Å². The lowest BCUT2D eigenvalue weighted by Crippen LogP contribution is -2.42. The third-order valence-electron chi connectivity index (χ3n) is 4.16. The molecule has 1 aliphatic heterocycles. The molecular weight excluding hydrogens is 322 g/mol. The average molecular weight is 345 g/mol. The van der Waals surface area contributed by atoms with Crippen molar-refractivity contribution in [2.24, 2.45) is 0 Å². The second-order valence-corrected chi connectivity index (χ2v) is 8.21. The third-order valence-corrected chi connectivity index (χ3v) is 6.56. The molecule has 0 aromatic carbocycles. The average Bonchev–Trinajstić information content (AvgIpc) is 3.31. The minimum atomic E-state index is -3.04. The van der Waals surface area contributed by atoms with Gasteiger partial charge in [0.05, 0.1) is 18.0 Å². The molecule has 1 aromatic rings. The number of methoxy groups -OCH3 is 1. The molecule has 1 saturated heterocycles. The van der Waals surface area contributed by atoms with Crippen LogP contribution in [-0.2, 0) is 32.5 Å². The first kappa shape index (κ1) is 16.8. The van der Waals surface area contributed by atoms with E-state index in [9.17, 15) is 8.42 Å². The molecule has 0 radical (unpaired) electrons. The minimum absolute atomic E-state index is 0.103. The third kappa shape index (κ3) is 4.28. The Hall–Kier alpha value is -1.03. The van der Waals surface area contributed by atoms with Crippen molar-refractivity contribution in [3.63, 3.8) is 0 Å². The van der Waals surface area contributed by atoms with Crippen LogP contribution in [0, 0.1) is 0 Å². The lowest BCUT2D eigenvalue weighted by atomic mass is 10.1. The Kier molecular flexibility index (Phi) is 5.30. The zero-order valence-electron chi connectivity index (χ0n) is 13.3. The summed E-state index contributed by atoms with van der Waals surface area (Å²) in [6, 6.07) is 0. The van der Waals surface area contributed by atoms with Gasteiger partial charge in [0.25, 0.3) is 5.89 Å². The van der Waals surface area contributed by atoms with Gasteiger partial charge in [0.15, 0.2) is 5.82 Å². The summed E-state index contributed by atoms with van der Waals surface area (Å²) in [5.41, 5.74) is 0. The molecule has 9 heteroatoms. The molecule has 130 valence electrons. The Labute approximate surface area is 136 Å². The largest absolute Gasteiger partial charge is 0.378 e. The first-order valence-electron chi connectivity index (χ1n) is 8.00. The van der Waals surface area contributed by atoms with Gasteiger partial charge in [0, 0.05) is 26.6 Å². The van der Waals surface area contributed by atoms with Crippen LogP contribution in [0.5, 0.6) is 0 Å². The van der Waals surface area contributed by atoms with E-state index < -0.39 is 10.0 Å². The summed E-state index contributed by atoms with van der Waals surface area (Å²) in [4.78, 5) is 4.18. The van der Waals surface area contributed by atoms with Gasteiger partial charge in [-0.3, -0.25) is 0 Å². The van der Waals surface area contributed by atoms with Crippen LogP contribution in [0.15, 0.2) is 4.52 Å². The molecule has 1 saturated carbocycles. The number of rotatable bonds is 8. The van der Waals surface area contributed by atoms with Gasteiger partial charge in [-0.05, 0) is 25.7 Å². The first-order chi connectivity index (χ1) is 11.1. The van der Waals surface area contributed by atoms with Crippen molar-refractivity contribution >= 4 is 10.0 Å². The predicted octanol–water partition coefficient (Wildman–Crippen LogP) is 0.732. The SMILES string of the molecule is COCc1nc(CCOC2CCN(S(=O)(=O)C3CC3)CC2)no1. The summed E-state index contributed by atoms with van der Waals surface area (Å²) in [6.45, 7) is 1.93. The van der Waals surface area contributed by atoms with Crippen LogP contribution in [0.2, 0.25) is 0 Å². The standard InChI is InChI=1S/C14H23N3O5S/c1-20-10-14-15-13(16-22-14)6-9-21-11-4-7-17(8-5-11)23(18,19)12-2-3-12/h11-12H,2-10H2,1H3. The number of ether oxygens (including phenoxy) is 2. The van der Waals surface area contributed by atoms with E-state index in [1.807, 2.05) is 0 Å². The normalized spacial score (nSPS) is 20.9. The van der Waals surface area contributed by atoms with Crippen molar-refractivity contribution in [3.8, 4) is 0 Å². The summed E-state index contributed by atoms with van der Waals surface area (Å²) in [7, 11) is -1.47. The molecule has 0 spiro atoms. The number of hydrogen-bond donors (Lipinski definition) is 0. The van der Waals surface area contributed by atoms with E-state index in [4.69, 9.17) is 14.0 Å². The maximum atomic E-state index is 12.2. The molecule has 0 bridgehead atoms. The molecule has 23 heavy (non-hydrogen) atoms. The second-order valence-electron chi connectivity index (χ2n) is 6.00. The zero-order chi connectivity index (χ0) is 16.3. The number of hydrogen-bond acceptors (Lipinski definition) is 7. The molecule has 0 unspecified atom stereocenters. The van der Waals surface area contributed by atoms with Crippen molar-refractivity contribution in [2.45, 2.75) is 50.1 Å². The Bertz CT molecular complexity index is 606. The van der Waals surface area contributed by atoms with Gasteiger partial charge in [0.2, 0.25) is 10.0 Å². The summed E-state index contributed by atoms with van der Waals surface area (Å²) >= 11 is 0. The number of nitrogens with zero attached hydrogens (tertiary/aromatic N) is 3. The quantitative estimate of drug-likeness (QED) is 0.685. The Morgan fingerprint density at radius 1 is 1.26 bits per heavy atom. The highest BCUT2D eigenvalue weighted by Gasteiger charge is 2.41. The maximum Gasteiger partial charge on any atom is 0.252 e. The first-order valence-corrected chi connectivity index (χ1v) is 9.51. The van der Waals surface area contributed by atoms with Gasteiger partial charge in [0.1, 0.15) is 6.61 Å². The highest BCUT2D eigenvalue weighted by molar-refractivity contribution is 7.90. The highest BCUT2D eigenvalue weighted by atomic mass is 32.2. The minimum Gasteiger partial charge on any atom is -0.378 e. The molecular formula is C14H23N3O5S. The monoisotopic (exact) mass is 345 g/mol. The van der Waals surface area contributed by atoms with E-state index in [1.165, 1.54) is 0 Å². The van der Waals surface area contributed by atoms with E-state index in [0.29, 0.717) is 44.4 Å². The van der Waals surface area contributed by atoms with Gasteiger partial charge in [-0.15, -0.1) is 0 Å². The van der Waals surface area contributed by atoms with Crippen molar-refractivity contribution < 1.29 is 22.4 Å².